The van der Waals surface area contributed by atoms with E-state index in [1.807, 2.05) is 7.05 Å². The van der Waals surface area contributed by atoms with E-state index in [0.717, 1.165) is 19.3 Å². The van der Waals surface area contributed by atoms with Gasteiger partial charge in [-0.3, -0.25) is 4.79 Å². The van der Waals surface area contributed by atoms with Crippen LogP contribution in [0.4, 0.5) is 0 Å². The highest BCUT2D eigenvalue weighted by Gasteiger charge is 2.28. The average Bonchev–Trinajstić information content (AvgIpc) is 2.76. The van der Waals surface area contributed by atoms with Crippen molar-refractivity contribution in [2.24, 2.45) is 5.73 Å². The molecule has 1 unspecified atom stereocenters. The molecule has 0 radical (unpaired) electrons. The number of nitrogens with zero attached hydrogens (tertiary/aromatic N) is 1. The Morgan fingerprint density at radius 1 is 1.69 bits per heavy atom. The SMILES string of the molecule is CN(CCN)C(=O)C1CCCc2sccc21. The number of carbonyl (C=O) groups excluding carboxylic acids is 1. The van der Waals surface area contributed by atoms with Crippen molar-refractivity contribution in [2.75, 3.05) is 20.1 Å². The van der Waals surface area contributed by atoms with E-state index in [2.05, 4.69) is 11.4 Å². The molecule has 1 aromatic heterocycles. The molecule has 0 saturated heterocycles. The van der Waals surface area contributed by atoms with Gasteiger partial charge >= 0.3 is 0 Å². The van der Waals surface area contributed by atoms with E-state index >= 15 is 0 Å². The summed E-state index contributed by atoms with van der Waals surface area (Å²) in [6.45, 7) is 1.18. The maximum atomic E-state index is 12.2. The molecule has 4 heteroatoms. The zero-order valence-electron chi connectivity index (χ0n) is 9.61. The van der Waals surface area contributed by atoms with Gasteiger partial charge in [-0.2, -0.15) is 0 Å². The van der Waals surface area contributed by atoms with Crippen LogP contribution in [0.2, 0.25) is 0 Å². The van der Waals surface area contributed by atoms with Crippen molar-refractivity contribution in [3.63, 3.8) is 0 Å². The molecule has 2 rings (SSSR count). The van der Waals surface area contributed by atoms with Crippen LogP contribution in [0.15, 0.2) is 11.4 Å². The quantitative estimate of drug-likeness (QED) is 0.869. The number of carbonyl (C=O) groups is 1. The van der Waals surface area contributed by atoms with E-state index in [9.17, 15) is 4.79 Å². The first kappa shape index (κ1) is 11.6. The van der Waals surface area contributed by atoms with Crippen molar-refractivity contribution in [2.45, 2.75) is 25.2 Å². The zero-order chi connectivity index (χ0) is 11.5. The summed E-state index contributed by atoms with van der Waals surface area (Å²) in [5, 5.41) is 2.10. The molecule has 16 heavy (non-hydrogen) atoms. The summed E-state index contributed by atoms with van der Waals surface area (Å²) in [5.74, 6) is 0.302. The Bertz CT molecular complexity index is 375. The Hall–Kier alpha value is -0.870. The molecule has 0 aromatic carbocycles. The molecular formula is C12H18N2OS. The third-order valence-corrected chi connectivity index (χ3v) is 4.19. The molecule has 1 aliphatic rings. The minimum Gasteiger partial charge on any atom is -0.344 e. The summed E-state index contributed by atoms with van der Waals surface area (Å²) in [6.07, 6.45) is 3.25. The van der Waals surface area contributed by atoms with E-state index in [1.165, 1.54) is 10.4 Å². The highest BCUT2D eigenvalue weighted by molar-refractivity contribution is 7.10. The number of fused-ring (bicyclic) bond motifs is 1. The average molecular weight is 238 g/mol. The fraction of sp³-hybridized carbons (Fsp3) is 0.583. The second-order valence-electron chi connectivity index (χ2n) is 4.29. The standard InChI is InChI=1S/C12H18N2OS/c1-14(7-6-13)12(15)10-3-2-4-11-9(10)5-8-16-11/h5,8,10H,2-4,6-7,13H2,1H3. The Labute approximate surface area is 100 Å². The first-order valence-corrected chi connectivity index (χ1v) is 6.63. The van der Waals surface area contributed by atoms with E-state index < -0.39 is 0 Å². The van der Waals surface area contributed by atoms with Crippen LogP contribution in [0.25, 0.3) is 0 Å². The third kappa shape index (κ3) is 2.13. The lowest BCUT2D eigenvalue weighted by Gasteiger charge is -2.26. The first-order valence-electron chi connectivity index (χ1n) is 5.75. The normalized spacial score (nSPS) is 19.2. The van der Waals surface area contributed by atoms with Crippen molar-refractivity contribution < 1.29 is 4.79 Å². The largest absolute Gasteiger partial charge is 0.344 e. The second-order valence-corrected chi connectivity index (χ2v) is 5.29. The van der Waals surface area contributed by atoms with E-state index in [-0.39, 0.29) is 11.8 Å². The molecule has 0 aliphatic heterocycles. The number of rotatable bonds is 3. The van der Waals surface area contributed by atoms with Gasteiger partial charge in [-0.25, -0.2) is 0 Å². The summed E-state index contributed by atoms with van der Waals surface area (Å²) in [7, 11) is 1.84. The van der Waals surface area contributed by atoms with Crippen molar-refractivity contribution >= 4 is 17.2 Å². The molecule has 0 saturated carbocycles. The summed E-state index contributed by atoms with van der Waals surface area (Å²) >= 11 is 1.78. The monoisotopic (exact) mass is 238 g/mol. The molecule has 0 bridgehead atoms. The maximum Gasteiger partial charge on any atom is 0.229 e. The van der Waals surface area contributed by atoms with Gasteiger partial charge in [0.2, 0.25) is 5.91 Å². The highest BCUT2D eigenvalue weighted by Crippen LogP contribution is 2.35. The molecule has 1 amide bonds. The number of amides is 1. The van der Waals surface area contributed by atoms with Gasteiger partial charge in [-0.1, -0.05) is 0 Å². The third-order valence-electron chi connectivity index (χ3n) is 3.19. The maximum absolute atomic E-state index is 12.2. The van der Waals surface area contributed by atoms with Gasteiger partial charge in [-0.15, -0.1) is 11.3 Å². The van der Waals surface area contributed by atoms with Crippen LogP contribution in [0.5, 0.6) is 0 Å². The topological polar surface area (TPSA) is 46.3 Å². The van der Waals surface area contributed by atoms with E-state index in [4.69, 9.17) is 5.73 Å². The number of hydrogen-bond acceptors (Lipinski definition) is 3. The fourth-order valence-corrected chi connectivity index (χ4v) is 3.30. The smallest absolute Gasteiger partial charge is 0.229 e. The molecule has 3 nitrogen and oxygen atoms in total. The van der Waals surface area contributed by atoms with Crippen molar-refractivity contribution in [1.82, 2.24) is 4.90 Å². The first-order chi connectivity index (χ1) is 7.74. The minimum atomic E-state index is 0.0755. The summed E-state index contributed by atoms with van der Waals surface area (Å²) in [5.41, 5.74) is 6.73. The Balaban J connectivity index is 2.15. The Morgan fingerprint density at radius 3 is 3.25 bits per heavy atom. The van der Waals surface area contributed by atoms with Crippen LogP contribution in [0.3, 0.4) is 0 Å². The van der Waals surface area contributed by atoms with E-state index in [1.54, 1.807) is 16.2 Å². The number of aryl methyl sites for hydroxylation is 1. The lowest BCUT2D eigenvalue weighted by Crippen LogP contribution is -2.36. The molecule has 88 valence electrons. The predicted molar refractivity (Wildman–Crippen MR) is 66.7 cm³/mol. The van der Waals surface area contributed by atoms with Gasteiger partial charge in [-0.05, 0) is 36.3 Å². The molecule has 2 N–H and O–H groups in total. The fourth-order valence-electron chi connectivity index (χ4n) is 2.31. The van der Waals surface area contributed by atoms with Crippen LogP contribution in [0.1, 0.15) is 29.2 Å². The lowest BCUT2D eigenvalue weighted by atomic mass is 9.87. The van der Waals surface area contributed by atoms with Crippen LogP contribution < -0.4 is 5.73 Å². The molecule has 1 aromatic rings. The van der Waals surface area contributed by atoms with Crippen LogP contribution >= 0.6 is 11.3 Å². The summed E-state index contributed by atoms with van der Waals surface area (Å²) in [6, 6.07) is 2.11. The van der Waals surface area contributed by atoms with Crippen LogP contribution in [-0.4, -0.2) is 30.9 Å². The second kappa shape index (κ2) is 4.97. The van der Waals surface area contributed by atoms with Crippen molar-refractivity contribution in [3.05, 3.63) is 21.9 Å². The van der Waals surface area contributed by atoms with Gasteiger partial charge in [0.05, 0.1) is 5.92 Å². The predicted octanol–water partition coefficient (Wildman–Crippen LogP) is 1.59. The van der Waals surface area contributed by atoms with Crippen LogP contribution in [-0.2, 0) is 11.2 Å². The van der Waals surface area contributed by atoms with Gasteiger partial charge in [0.15, 0.2) is 0 Å². The van der Waals surface area contributed by atoms with Crippen molar-refractivity contribution in [1.29, 1.82) is 0 Å². The van der Waals surface area contributed by atoms with Gasteiger partial charge in [0.1, 0.15) is 0 Å². The Morgan fingerprint density at radius 2 is 2.50 bits per heavy atom. The zero-order valence-corrected chi connectivity index (χ0v) is 10.4. The molecule has 1 heterocycles. The number of likely N-dealkylation sites (N-methyl/N-ethyl adjacent to an activating group) is 1. The molecule has 1 atom stereocenters. The van der Waals surface area contributed by atoms with Crippen LogP contribution in [0, 0.1) is 0 Å². The van der Waals surface area contributed by atoms with E-state index in [0.29, 0.717) is 13.1 Å². The van der Waals surface area contributed by atoms with Gasteiger partial charge < -0.3 is 10.6 Å². The molecular weight excluding hydrogens is 220 g/mol. The summed E-state index contributed by atoms with van der Waals surface area (Å²) in [4.78, 5) is 15.4. The summed E-state index contributed by atoms with van der Waals surface area (Å²) < 4.78 is 0. The molecule has 1 aliphatic carbocycles. The highest BCUT2D eigenvalue weighted by atomic mass is 32.1. The van der Waals surface area contributed by atoms with Crippen molar-refractivity contribution in [3.8, 4) is 0 Å². The number of thiophene rings is 1. The van der Waals surface area contributed by atoms with Gasteiger partial charge in [0.25, 0.3) is 0 Å². The minimum absolute atomic E-state index is 0.0755. The molecule has 0 spiro atoms. The number of nitrogens with two attached hydrogens (primary N) is 1. The Kier molecular flexibility index (Phi) is 3.61. The number of hydrogen-bond donors (Lipinski definition) is 1. The lowest BCUT2D eigenvalue weighted by molar-refractivity contribution is -0.131. The van der Waals surface area contributed by atoms with Gasteiger partial charge in [0, 0.05) is 25.0 Å². The molecule has 0 fully saturated rings.